The minimum atomic E-state index is -0.571. The van der Waals surface area contributed by atoms with E-state index >= 15 is 0 Å². The van der Waals surface area contributed by atoms with Crippen LogP contribution < -0.4 is 5.32 Å². The van der Waals surface area contributed by atoms with Crippen molar-refractivity contribution in [2.24, 2.45) is 0 Å². The number of aromatic nitrogens is 3. The molecule has 0 fully saturated rings. The summed E-state index contributed by atoms with van der Waals surface area (Å²) in [6, 6.07) is 17.4. The highest BCUT2D eigenvalue weighted by atomic mass is 35.5. The highest BCUT2D eigenvalue weighted by Crippen LogP contribution is 2.25. The van der Waals surface area contributed by atoms with E-state index in [1.54, 1.807) is 29.1 Å². The summed E-state index contributed by atoms with van der Waals surface area (Å²) in [5.41, 5.74) is 4.15. The smallest absolute Gasteiger partial charge is 0.288 e. The van der Waals surface area contributed by atoms with Crippen molar-refractivity contribution in [3.05, 3.63) is 93.0 Å². The molecule has 154 valence electrons. The van der Waals surface area contributed by atoms with Gasteiger partial charge >= 0.3 is 0 Å². The second-order valence-electron chi connectivity index (χ2n) is 6.82. The predicted octanol–water partition coefficient (Wildman–Crippen LogP) is 4.94. The first-order chi connectivity index (χ1) is 14.9. The zero-order chi connectivity index (χ0) is 22.0. The number of fused-ring (bicyclic) bond motifs is 1. The standard InChI is InChI=1S/C22H16ClN5O3/c1-14-2-7-17(8-3-14)27-25-19-10-6-16(13-20(19)26-27)24-22(29)11-5-15-4-9-18(23)21(12-15)28(30)31/h2-13H,1H3,(H,24,29)/b11-5+. The molecule has 31 heavy (non-hydrogen) atoms. The fourth-order valence-electron chi connectivity index (χ4n) is 2.91. The monoisotopic (exact) mass is 433 g/mol. The number of rotatable bonds is 5. The molecule has 4 aromatic rings. The van der Waals surface area contributed by atoms with Gasteiger partial charge in [0.15, 0.2) is 0 Å². The molecule has 9 heteroatoms. The van der Waals surface area contributed by atoms with Gasteiger partial charge in [-0.3, -0.25) is 14.9 Å². The van der Waals surface area contributed by atoms with Gasteiger partial charge in [-0.1, -0.05) is 35.4 Å². The molecule has 1 heterocycles. The quantitative estimate of drug-likeness (QED) is 0.272. The highest BCUT2D eigenvalue weighted by Gasteiger charge is 2.12. The lowest BCUT2D eigenvalue weighted by molar-refractivity contribution is -0.384. The number of amides is 1. The first-order valence-electron chi connectivity index (χ1n) is 9.26. The number of nitro groups is 1. The van der Waals surface area contributed by atoms with Crippen LogP contribution in [0.15, 0.2) is 66.7 Å². The third-order valence-electron chi connectivity index (χ3n) is 4.51. The second-order valence-corrected chi connectivity index (χ2v) is 7.23. The third-order valence-corrected chi connectivity index (χ3v) is 4.83. The third kappa shape index (κ3) is 4.59. The van der Waals surface area contributed by atoms with Crippen molar-refractivity contribution >= 4 is 46.0 Å². The summed E-state index contributed by atoms with van der Waals surface area (Å²) in [7, 11) is 0. The summed E-state index contributed by atoms with van der Waals surface area (Å²) in [4.78, 5) is 24.2. The largest absolute Gasteiger partial charge is 0.322 e. The average Bonchev–Trinajstić information content (AvgIpc) is 3.17. The van der Waals surface area contributed by atoms with E-state index in [-0.39, 0.29) is 16.6 Å². The van der Waals surface area contributed by atoms with Crippen LogP contribution in [0.1, 0.15) is 11.1 Å². The highest BCUT2D eigenvalue weighted by molar-refractivity contribution is 6.32. The van der Waals surface area contributed by atoms with Gasteiger partial charge in [-0.25, -0.2) is 0 Å². The molecule has 0 spiro atoms. The van der Waals surface area contributed by atoms with Gasteiger partial charge < -0.3 is 5.32 Å². The average molecular weight is 434 g/mol. The molecule has 1 amide bonds. The summed E-state index contributed by atoms with van der Waals surface area (Å²) in [6.07, 6.45) is 2.77. The normalized spacial score (nSPS) is 11.2. The van der Waals surface area contributed by atoms with Crippen LogP contribution >= 0.6 is 11.6 Å². The molecule has 0 aliphatic carbocycles. The van der Waals surface area contributed by atoms with Crippen molar-refractivity contribution < 1.29 is 9.72 Å². The number of halogens is 1. The zero-order valence-electron chi connectivity index (χ0n) is 16.3. The summed E-state index contributed by atoms with van der Waals surface area (Å²) in [6.45, 7) is 2.01. The van der Waals surface area contributed by atoms with Gasteiger partial charge in [0.1, 0.15) is 16.1 Å². The van der Waals surface area contributed by atoms with Crippen molar-refractivity contribution in [3.63, 3.8) is 0 Å². The Balaban J connectivity index is 1.50. The number of carbonyl (C=O) groups excluding carboxylic acids is 1. The lowest BCUT2D eigenvalue weighted by Gasteiger charge is -2.01. The van der Waals surface area contributed by atoms with Crippen molar-refractivity contribution in [2.75, 3.05) is 5.32 Å². The van der Waals surface area contributed by atoms with Crippen LogP contribution in [0.4, 0.5) is 11.4 Å². The van der Waals surface area contributed by atoms with Gasteiger partial charge in [-0.15, -0.1) is 10.2 Å². The number of nitrogens with zero attached hydrogens (tertiary/aromatic N) is 4. The SMILES string of the molecule is Cc1ccc(-n2nc3ccc(NC(=O)/C=C/c4ccc(Cl)c([N+](=O)[O-])c4)cc3n2)cc1. The number of benzene rings is 3. The van der Waals surface area contributed by atoms with Gasteiger partial charge in [0.05, 0.1) is 10.6 Å². The van der Waals surface area contributed by atoms with E-state index in [0.717, 1.165) is 11.3 Å². The van der Waals surface area contributed by atoms with Crippen molar-refractivity contribution in [3.8, 4) is 5.69 Å². The Morgan fingerprint density at radius 1 is 1.06 bits per heavy atom. The molecule has 1 aromatic heterocycles. The van der Waals surface area contributed by atoms with Crippen LogP contribution in [-0.4, -0.2) is 25.8 Å². The Kier molecular flexibility index (Phi) is 5.46. The van der Waals surface area contributed by atoms with Gasteiger partial charge in [0.2, 0.25) is 5.91 Å². The summed E-state index contributed by atoms with van der Waals surface area (Å²) >= 11 is 5.80. The number of carbonyl (C=O) groups is 1. The van der Waals surface area contributed by atoms with E-state index in [4.69, 9.17) is 11.6 Å². The first-order valence-corrected chi connectivity index (χ1v) is 9.64. The van der Waals surface area contributed by atoms with Crippen molar-refractivity contribution in [1.29, 1.82) is 0 Å². The zero-order valence-corrected chi connectivity index (χ0v) is 17.1. The Labute approximate surface area is 181 Å². The number of hydrogen-bond donors (Lipinski definition) is 1. The molecule has 0 aliphatic heterocycles. The Morgan fingerprint density at radius 2 is 1.81 bits per heavy atom. The number of nitrogens with one attached hydrogen (secondary N) is 1. The number of hydrogen-bond acceptors (Lipinski definition) is 5. The van der Waals surface area contributed by atoms with Crippen molar-refractivity contribution in [2.45, 2.75) is 6.92 Å². The minimum Gasteiger partial charge on any atom is -0.322 e. The maximum atomic E-state index is 12.3. The maximum Gasteiger partial charge on any atom is 0.288 e. The van der Waals surface area contributed by atoms with E-state index in [2.05, 4.69) is 15.5 Å². The fourth-order valence-corrected chi connectivity index (χ4v) is 3.10. The molecule has 0 aliphatic rings. The molecular formula is C22H16ClN5O3. The topological polar surface area (TPSA) is 103 Å². The Bertz CT molecular complexity index is 1330. The molecular weight excluding hydrogens is 418 g/mol. The molecule has 0 saturated heterocycles. The molecule has 8 nitrogen and oxygen atoms in total. The van der Waals surface area contributed by atoms with Crippen LogP contribution in [0.3, 0.4) is 0 Å². The van der Waals surface area contributed by atoms with Crippen LogP contribution in [0.2, 0.25) is 5.02 Å². The summed E-state index contributed by atoms with van der Waals surface area (Å²) in [5.74, 6) is -0.386. The van der Waals surface area contributed by atoms with Gasteiger partial charge in [-0.05, 0) is 55.0 Å². The lowest BCUT2D eigenvalue weighted by Crippen LogP contribution is -2.07. The van der Waals surface area contributed by atoms with Crippen LogP contribution in [-0.2, 0) is 4.79 Å². The van der Waals surface area contributed by atoms with Gasteiger partial charge in [0.25, 0.3) is 5.69 Å². The Morgan fingerprint density at radius 3 is 2.55 bits per heavy atom. The minimum absolute atomic E-state index is 0.0404. The fraction of sp³-hybridized carbons (Fsp3) is 0.0455. The summed E-state index contributed by atoms with van der Waals surface area (Å²) in [5, 5.41) is 22.7. The number of anilines is 1. The van der Waals surface area contributed by atoms with Gasteiger partial charge in [0, 0.05) is 17.8 Å². The van der Waals surface area contributed by atoms with Gasteiger partial charge in [-0.2, -0.15) is 4.80 Å². The first kappa shape index (κ1) is 20.2. The number of nitro benzene ring substituents is 1. The van der Waals surface area contributed by atoms with E-state index in [1.165, 1.54) is 24.3 Å². The predicted molar refractivity (Wildman–Crippen MR) is 119 cm³/mol. The molecule has 1 N–H and O–H groups in total. The molecule has 0 radical (unpaired) electrons. The molecule has 0 atom stereocenters. The van der Waals surface area contributed by atoms with Crippen LogP contribution in [0, 0.1) is 17.0 Å². The molecule has 0 unspecified atom stereocenters. The maximum absolute atomic E-state index is 12.3. The van der Waals surface area contributed by atoms with E-state index in [1.807, 2.05) is 31.2 Å². The molecule has 0 bridgehead atoms. The molecule has 0 saturated carbocycles. The summed E-state index contributed by atoms with van der Waals surface area (Å²) < 4.78 is 0. The van der Waals surface area contributed by atoms with E-state index < -0.39 is 4.92 Å². The van der Waals surface area contributed by atoms with Crippen LogP contribution in [0.25, 0.3) is 22.8 Å². The lowest BCUT2D eigenvalue weighted by atomic mass is 10.2. The van der Waals surface area contributed by atoms with E-state index in [9.17, 15) is 14.9 Å². The Hall–Kier alpha value is -4.04. The molecule has 3 aromatic carbocycles. The number of aryl methyl sites for hydroxylation is 1. The van der Waals surface area contributed by atoms with Crippen LogP contribution in [0.5, 0.6) is 0 Å². The van der Waals surface area contributed by atoms with E-state index in [0.29, 0.717) is 22.3 Å². The second kappa shape index (κ2) is 8.37. The molecule has 4 rings (SSSR count). The van der Waals surface area contributed by atoms with Crippen molar-refractivity contribution in [1.82, 2.24) is 15.0 Å².